The van der Waals surface area contributed by atoms with Crippen molar-refractivity contribution in [3.05, 3.63) is 0 Å². The standard InChI is InChI=1S/C11H21NO2/c1-11(2)7-14-6-10(11)12-8-4-3-5-9(8)13/h8-10,12-13H,3-7H2,1-2H3/t8-,9-,10?/m1/s1. The molecule has 1 saturated carbocycles. The molecule has 0 spiro atoms. The minimum Gasteiger partial charge on any atom is -0.392 e. The van der Waals surface area contributed by atoms with Gasteiger partial charge in [0.2, 0.25) is 0 Å². The van der Waals surface area contributed by atoms with Gasteiger partial charge in [0, 0.05) is 17.5 Å². The molecule has 3 heteroatoms. The van der Waals surface area contributed by atoms with Crippen molar-refractivity contribution in [2.75, 3.05) is 13.2 Å². The highest BCUT2D eigenvalue weighted by atomic mass is 16.5. The normalized spacial score (nSPS) is 41.8. The molecule has 0 aromatic rings. The van der Waals surface area contributed by atoms with E-state index in [1.807, 2.05) is 0 Å². The minimum absolute atomic E-state index is 0.147. The molecule has 14 heavy (non-hydrogen) atoms. The molecule has 1 aliphatic heterocycles. The number of hydrogen-bond donors (Lipinski definition) is 2. The van der Waals surface area contributed by atoms with E-state index in [1.165, 1.54) is 0 Å². The summed E-state index contributed by atoms with van der Waals surface area (Å²) < 4.78 is 5.47. The van der Waals surface area contributed by atoms with Gasteiger partial charge in [0.25, 0.3) is 0 Å². The summed E-state index contributed by atoms with van der Waals surface area (Å²) >= 11 is 0. The number of ether oxygens (including phenoxy) is 1. The van der Waals surface area contributed by atoms with Crippen LogP contribution in [0.2, 0.25) is 0 Å². The van der Waals surface area contributed by atoms with Gasteiger partial charge in [-0.2, -0.15) is 0 Å². The van der Waals surface area contributed by atoms with Crippen LogP contribution in [0.4, 0.5) is 0 Å². The Balaban J connectivity index is 1.90. The molecule has 2 rings (SSSR count). The van der Waals surface area contributed by atoms with Gasteiger partial charge in [-0.1, -0.05) is 13.8 Å². The van der Waals surface area contributed by atoms with Gasteiger partial charge in [-0.15, -0.1) is 0 Å². The average Bonchev–Trinajstić information content (AvgIpc) is 2.62. The maximum absolute atomic E-state index is 9.72. The molecule has 0 amide bonds. The highest BCUT2D eigenvalue weighted by molar-refractivity contribution is 4.94. The molecule has 2 aliphatic rings. The van der Waals surface area contributed by atoms with Gasteiger partial charge in [-0.25, -0.2) is 0 Å². The zero-order valence-electron chi connectivity index (χ0n) is 9.12. The van der Waals surface area contributed by atoms with Crippen LogP contribution in [0.15, 0.2) is 0 Å². The van der Waals surface area contributed by atoms with Gasteiger partial charge in [0.05, 0.1) is 19.3 Å². The Morgan fingerprint density at radius 2 is 2.14 bits per heavy atom. The molecule has 1 aliphatic carbocycles. The monoisotopic (exact) mass is 199 g/mol. The van der Waals surface area contributed by atoms with Crippen LogP contribution >= 0.6 is 0 Å². The number of nitrogens with one attached hydrogen (secondary N) is 1. The lowest BCUT2D eigenvalue weighted by molar-refractivity contribution is 0.133. The Labute approximate surface area is 85.8 Å². The lowest BCUT2D eigenvalue weighted by Gasteiger charge is -2.29. The third-order valence-electron chi connectivity index (χ3n) is 3.60. The van der Waals surface area contributed by atoms with Crippen LogP contribution in [0.1, 0.15) is 33.1 Å². The van der Waals surface area contributed by atoms with E-state index < -0.39 is 0 Å². The third kappa shape index (κ3) is 1.95. The molecule has 82 valence electrons. The highest BCUT2D eigenvalue weighted by Crippen LogP contribution is 2.29. The van der Waals surface area contributed by atoms with E-state index in [1.54, 1.807) is 0 Å². The van der Waals surface area contributed by atoms with Crippen LogP contribution in [0.5, 0.6) is 0 Å². The fourth-order valence-corrected chi connectivity index (χ4v) is 2.43. The van der Waals surface area contributed by atoms with Crippen molar-refractivity contribution in [1.29, 1.82) is 0 Å². The van der Waals surface area contributed by atoms with Crippen LogP contribution in [0.25, 0.3) is 0 Å². The van der Waals surface area contributed by atoms with E-state index in [-0.39, 0.29) is 11.5 Å². The van der Waals surface area contributed by atoms with E-state index in [0.29, 0.717) is 12.1 Å². The first kappa shape index (κ1) is 10.4. The lowest BCUT2D eigenvalue weighted by Crippen LogP contribution is -2.48. The van der Waals surface area contributed by atoms with Crippen molar-refractivity contribution in [3.63, 3.8) is 0 Å². The quantitative estimate of drug-likeness (QED) is 0.694. The van der Waals surface area contributed by atoms with Crippen molar-refractivity contribution in [3.8, 4) is 0 Å². The van der Waals surface area contributed by atoms with Crippen LogP contribution in [0.3, 0.4) is 0 Å². The van der Waals surface area contributed by atoms with Crippen LogP contribution in [-0.4, -0.2) is 36.5 Å². The Morgan fingerprint density at radius 1 is 1.36 bits per heavy atom. The largest absolute Gasteiger partial charge is 0.392 e. The summed E-state index contributed by atoms with van der Waals surface area (Å²) in [6, 6.07) is 0.696. The number of aliphatic hydroxyl groups excluding tert-OH is 1. The average molecular weight is 199 g/mol. The van der Waals surface area contributed by atoms with Gasteiger partial charge >= 0.3 is 0 Å². The Kier molecular flexibility index (Phi) is 2.82. The van der Waals surface area contributed by atoms with Crippen molar-refractivity contribution in [2.24, 2.45) is 5.41 Å². The molecule has 0 aromatic carbocycles. The van der Waals surface area contributed by atoms with Crippen molar-refractivity contribution < 1.29 is 9.84 Å². The van der Waals surface area contributed by atoms with E-state index in [0.717, 1.165) is 32.5 Å². The molecule has 1 heterocycles. The summed E-state index contributed by atoms with van der Waals surface area (Å²) in [4.78, 5) is 0. The lowest BCUT2D eigenvalue weighted by atomic mass is 9.87. The number of hydrogen-bond acceptors (Lipinski definition) is 3. The summed E-state index contributed by atoms with van der Waals surface area (Å²) in [6.45, 7) is 6.06. The van der Waals surface area contributed by atoms with E-state index >= 15 is 0 Å². The first-order chi connectivity index (χ1) is 6.59. The van der Waals surface area contributed by atoms with Gasteiger partial charge in [0.15, 0.2) is 0 Å². The van der Waals surface area contributed by atoms with E-state index in [9.17, 15) is 5.11 Å². The first-order valence-corrected chi connectivity index (χ1v) is 5.61. The molecule has 0 aromatic heterocycles. The molecule has 0 radical (unpaired) electrons. The van der Waals surface area contributed by atoms with Crippen molar-refractivity contribution in [1.82, 2.24) is 5.32 Å². The van der Waals surface area contributed by atoms with Crippen molar-refractivity contribution in [2.45, 2.75) is 51.3 Å². The van der Waals surface area contributed by atoms with Crippen LogP contribution in [-0.2, 0) is 4.74 Å². The zero-order chi connectivity index (χ0) is 10.2. The second kappa shape index (κ2) is 3.80. The molecule has 2 fully saturated rings. The van der Waals surface area contributed by atoms with Crippen LogP contribution < -0.4 is 5.32 Å². The summed E-state index contributed by atoms with van der Waals surface area (Å²) in [6.07, 6.45) is 3.05. The predicted molar refractivity (Wildman–Crippen MR) is 55.2 cm³/mol. The van der Waals surface area contributed by atoms with Crippen LogP contribution in [0, 0.1) is 5.41 Å². The molecule has 0 bridgehead atoms. The van der Waals surface area contributed by atoms with Gasteiger partial charge < -0.3 is 15.2 Å². The van der Waals surface area contributed by atoms with Gasteiger partial charge in [-0.3, -0.25) is 0 Å². The summed E-state index contributed by atoms with van der Waals surface area (Å²) in [5.74, 6) is 0. The summed E-state index contributed by atoms with van der Waals surface area (Å²) in [7, 11) is 0. The SMILES string of the molecule is CC1(C)COCC1N[C@@H]1CCC[C@H]1O. The number of rotatable bonds is 2. The Hall–Kier alpha value is -0.120. The fourth-order valence-electron chi connectivity index (χ4n) is 2.43. The highest BCUT2D eigenvalue weighted by Gasteiger charge is 2.38. The van der Waals surface area contributed by atoms with E-state index in [4.69, 9.17) is 4.74 Å². The molecule has 3 atom stereocenters. The van der Waals surface area contributed by atoms with Gasteiger partial charge in [0.1, 0.15) is 0 Å². The Morgan fingerprint density at radius 3 is 2.64 bits per heavy atom. The molecular formula is C11H21NO2. The smallest absolute Gasteiger partial charge is 0.0693 e. The maximum atomic E-state index is 9.72. The third-order valence-corrected chi connectivity index (χ3v) is 3.60. The first-order valence-electron chi connectivity index (χ1n) is 5.61. The van der Waals surface area contributed by atoms with E-state index in [2.05, 4.69) is 19.2 Å². The minimum atomic E-state index is -0.147. The topological polar surface area (TPSA) is 41.5 Å². The second-order valence-electron chi connectivity index (χ2n) is 5.33. The van der Waals surface area contributed by atoms with Gasteiger partial charge in [-0.05, 0) is 19.3 Å². The predicted octanol–water partition coefficient (Wildman–Crippen LogP) is 0.914. The fraction of sp³-hybridized carbons (Fsp3) is 1.00. The summed E-state index contributed by atoms with van der Waals surface area (Å²) in [5.41, 5.74) is 0.211. The molecule has 1 saturated heterocycles. The summed E-state index contributed by atoms with van der Waals surface area (Å²) in [5, 5.41) is 13.3. The maximum Gasteiger partial charge on any atom is 0.0693 e. The molecular weight excluding hydrogens is 178 g/mol. The number of aliphatic hydroxyl groups is 1. The molecule has 2 N–H and O–H groups in total. The molecule has 1 unspecified atom stereocenters. The Bertz CT molecular complexity index is 205. The second-order valence-corrected chi connectivity index (χ2v) is 5.33. The molecule has 3 nitrogen and oxygen atoms in total. The van der Waals surface area contributed by atoms with Crippen molar-refractivity contribution >= 4 is 0 Å². The zero-order valence-corrected chi connectivity index (χ0v) is 9.12.